The molecular formula is C11H9F3N2O3. The molecule has 1 atom stereocenters. The number of hydroxylamine groups is 1. The Morgan fingerprint density at radius 3 is 2.74 bits per heavy atom. The van der Waals surface area contributed by atoms with Gasteiger partial charge in [-0.3, -0.25) is 14.4 Å². The molecule has 2 rings (SSSR count). The van der Waals surface area contributed by atoms with Crippen LogP contribution in [0.5, 0.6) is 0 Å². The lowest BCUT2D eigenvalue weighted by atomic mass is 10.1. The standard InChI is InChI=1S/C11H9F3N2O3/c12-11(13,14)7-3-1-2-6(4-7)9(17)15-8-5-19-16-10(8)18/h1-4,8H,5H2,(H,15,17)(H,16,18). The Bertz CT molecular complexity index is 516. The molecular weight excluding hydrogens is 265 g/mol. The third-order valence-electron chi connectivity index (χ3n) is 2.50. The normalized spacial score (nSPS) is 19.1. The molecule has 1 saturated heterocycles. The van der Waals surface area contributed by atoms with Gasteiger partial charge in [-0.25, -0.2) is 5.48 Å². The van der Waals surface area contributed by atoms with Gasteiger partial charge in [0, 0.05) is 5.56 Å². The summed E-state index contributed by atoms with van der Waals surface area (Å²) >= 11 is 0. The first-order valence-corrected chi connectivity index (χ1v) is 5.27. The highest BCUT2D eigenvalue weighted by Crippen LogP contribution is 2.29. The Morgan fingerprint density at radius 1 is 1.42 bits per heavy atom. The molecule has 5 nitrogen and oxygen atoms in total. The molecule has 19 heavy (non-hydrogen) atoms. The lowest BCUT2D eigenvalue weighted by Gasteiger charge is -2.10. The fourth-order valence-electron chi connectivity index (χ4n) is 1.53. The number of carbonyl (C=O) groups excluding carboxylic acids is 2. The summed E-state index contributed by atoms with van der Waals surface area (Å²) in [6.45, 7) is -0.0659. The Balaban J connectivity index is 2.13. The van der Waals surface area contributed by atoms with E-state index in [1.54, 1.807) is 0 Å². The van der Waals surface area contributed by atoms with E-state index in [-0.39, 0.29) is 12.2 Å². The van der Waals surface area contributed by atoms with E-state index in [9.17, 15) is 22.8 Å². The van der Waals surface area contributed by atoms with Crippen LogP contribution in [0.15, 0.2) is 24.3 Å². The van der Waals surface area contributed by atoms with E-state index in [1.165, 1.54) is 6.07 Å². The fraction of sp³-hybridized carbons (Fsp3) is 0.273. The first kappa shape index (κ1) is 13.3. The molecule has 0 saturated carbocycles. The van der Waals surface area contributed by atoms with Crippen molar-refractivity contribution in [2.24, 2.45) is 0 Å². The molecule has 1 heterocycles. The van der Waals surface area contributed by atoms with Crippen molar-refractivity contribution in [1.29, 1.82) is 0 Å². The number of hydrogen-bond acceptors (Lipinski definition) is 3. The Hall–Kier alpha value is -2.09. The van der Waals surface area contributed by atoms with Crippen LogP contribution in [0.1, 0.15) is 15.9 Å². The van der Waals surface area contributed by atoms with Gasteiger partial charge in [0.1, 0.15) is 12.6 Å². The van der Waals surface area contributed by atoms with Gasteiger partial charge in [-0.05, 0) is 18.2 Å². The van der Waals surface area contributed by atoms with Crippen molar-refractivity contribution in [2.75, 3.05) is 6.61 Å². The number of nitrogens with one attached hydrogen (secondary N) is 2. The molecule has 1 aromatic rings. The molecule has 0 radical (unpaired) electrons. The van der Waals surface area contributed by atoms with E-state index in [2.05, 4.69) is 10.2 Å². The minimum atomic E-state index is -4.52. The van der Waals surface area contributed by atoms with Gasteiger partial charge in [-0.2, -0.15) is 13.2 Å². The van der Waals surface area contributed by atoms with Crippen LogP contribution < -0.4 is 10.8 Å². The molecule has 8 heteroatoms. The van der Waals surface area contributed by atoms with Crippen molar-refractivity contribution in [2.45, 2.75) is 12.2 Å². The Kier molecular flexibility index (Phi) is 3.43. The molecule has 2 N–H and O–H groups in total. The number of amides is 2. The van der Waals surface area contributed by atoms with E-state index in [0.717, 1.165) is 18.2 Å². The number of rotatable bonds is 2. The molecule has 0 aliphatic carbocycles. The number of benzene rings is 1. The zero-order valence-electron chi connectivity index (χ0n) is 9.45. The van der Waals surface area contributed by atoms with Crippen LogP contribution in [-0.2, 0) is 15.8 Å². The summed E-state index contributed by atoms with van der Waals surface area (Å²) in [5, 5.41) is 2.28. The predicted molar refractivity (Wildman–Crippen MR) is 56.8 cm³/mol. The van der Waals surface area contributed by atoms with E-state index in [1.807, 2.05) is 5.48 Å². The third-order valence-corrected chi connectivity index (χ3v) is 2.50. The van der Waals surface area contributed by atoms with Gasteiger partial charge in [-0.15, -0.1) is 0 Å². The molecule has 102 valence electrons. The highest BCUT2D eigenvalue weighted by Gasteiger charge is 2.32. The minimum Gasteiger partial charge on any atom is -0.338 e. The molecule has 1 aliphatic heterocycles. The number of carbonyl (C=O) groups is 2. The van der Waals surface area contributed by atoms with Crippen molar-refractivity contribution < 1.29 is 27.6 Å². The van der Waals surface area contributed by atoms with Gasteiger partial charge in [0.25, 0.3) is 11.8 Å². The second-order valence-corrected chi connectivity index (χ2v) is 3.88. The number of alkyl halides is 3. The van der Waals surface area contributed by atoms with Crippen molar-refractivity contribution in [3.63, 3.8) is 0 Å². The van der Waals surface area contributed by atoms with Gasteiger partial charge in [0.05, 0.1) is 5.56 Å². The Labute approximate surface area is 105 Å². The smallest absolute Gasteiger partial charge is 0.338 e. The second kappa shape index (κ2) is 4.88. The largest absolute Gasteiger partial charge is 0.416 e. The summed E-state index contributed by atoms with van der Waals surface area (Å²) in [5.74, 6) is -1.31. The van der Waals surface area contributed by atoms with Crippen LogP contribution in [0.4, 0.5) is 13.2 Å². The summed E-state index contributed by atoms with van der Waals surface area (Å²) in [6, 6.07) is 3.05. The SMILES string of the molecule is O=C(NC1CONC1=O)c1cccc(C(F)(F)F)c1. The molecule has 0 aromatic heterocycles. The average Bonchev–Trinajstić information content (AvgIpc) is 2.74. The molecule has 0 spiro atoms. The summed E-state index contributed by atoms with van der Waals surface area (Å²) < 4.78 is 37.4. The van der Waals surface area contributed by atoms with Crippen LogP contribution >= 0.6 is 0 Å². The molecule has 2 amide bonds. The van der Waals surface area contributed by atoms with Crippen LogP contribution in [-0.4, -0.2) is 24.5 Å². The van der Waals surface area contributed by atoms with E-state index in [4.69, 9.17) is 0 Å². The van der Waals surface area contributed by atoms with Crippen molar-refractivity contribution in [3.05, 3.63) is 35.4 Å². The molecule has 1 aliphatic rings. The summed E-state index contributed by atoms with van der Waals surface area (Å²) in [5.41, 5.74) is 0.933. The van der Waals surface area contributed by atoms with Crippen LogP contribution in [0.3, 0.4) is 0 Å². The average molecular weight is 274 g/mol. The molecule has 0 bridgehead atoms. The summed E-state index contributed by atoms with van der Waals surface area (Å²) in [7, 11) is 0. The maximum absolute atomic E-state index is 12.5. The van der Waals surface area contributed by atoms with Gasteiger partial charge in [-0.1, -0.05) is 6.07 Å². The maximum Gasteiger partial charge on any atom is 0.416 e. The quantitative estimate of drug-likeness (QED) is 0.840. The highest BCUT2D eigenvalue weighted by atomic mass is 19.4. The highest BCUT2D eigenvalue weighted by molar-refractivity contribution is 5.97. The van der Waals surface area contributed by atoms with E-state index in [0.29, 0.717) is 0 Å². The summed E-state index contributed by atoms with van der Waals surface area (Å²) in [6.07, 6.45) is -4.52. The minimum absolute atomic E-state index is 0.0659. The zero-order chi connectivity index (χ0) is 14.0. The molecule has 1 unspecified atom stereocenters. The van der Waals surface area contributed by atoms with Crippen molar-refractivity contribution >= 4 is 11.8 Å². The van der Waals surface area contributed by atoms with Gasteiger partial charge in [0.15, 0.2) is 0 Å². The van der Waals surface area contributed by atoms with Crippen molar-refractivity contribution in [3.8, 4) is 0 Å². The summed E-state index contributed by atoms with van der Waals surface area (Å²) in [4.78, 5) is 27.4. The van der Waals surface area contributed by atoms with E-state index >= 15 is 0 Å². The number of hydrogen-bond donors (Lipinski definition) is 2. The Morgan fingerprint density at radius 2 is 2.16 bits per heavy atom. The lowest BCUT2D eigenvalue weighted by molar-refractivity contribution is -0.137. The predicted octanol–water partition coefficient (Wildman–Crippen LogP) is 0.865. The molecule has 1 fully saturated rings. The van der Waals surface area contributed by atoms with Gasteiger partial charge < -0.3 is 5.32 Å². The van der Waals surface area contributed by atoms with Gasteiger partial charge in [0.2, 0.25) is 0 Å². The van der Waals surface area contributed by atoms with E-state index < -0.39 is 29.6 Å². The monoisotopic (exact) mass is 274 g/mol. The number of halogens is 3. The topological polar surface area (TPSA) is 67.4 Å². The van der Waals surface area contributed by atoms with Crippen LogP contribution in [0, 0.1) is 0 Å². The third kappa shape index (κ3) is 3.02. The second-order valence-electron chi connectivity index (χ2n) is 3.88. The van der Waals surface area contributed by atoms with Crippen LogP contribution in [0.25, 0.3) is 0 Å². The first-order chi connectivity index (χ1) is 8.88. The van der Waals surface area contributed by atoms with Crippen molar-refractivity contribution in [1.82, 2.24) is 10.8 Å². The molecule has 1 aromatic carbocycles. The van der Waals surface area contributed by atoms with Crippen LogP contribution in [0.2, 0.25) is 0 Å². The maximum atomic E-state index is 12.5. The lowest BCUT2D eigenvalue weighted by Crippen LogP contribution is -2.41. The van der Waals surface area contributed by atoms with Gasteiger partial charge >= 0.3 is 6.18 Å². The first-order valence-electron chi connectivity index (χ1n) is 5.27. The zero-order valence-corrected chi connectivity index (χ0v) is 9.45. The fourth-order valence-corrected chi connectivity index (χ4v) is 1.53.